The van der Waals surface area contributed by atoms with E-state index in [2.05, 4.69) is 18.9 Å². The molecule has 2 atom stereocenters. The SMILES string of the molecule is C[C@@H]1C[C@H](C)CN(C(=O)Cn2ncc3ccc(Cl)cc32)C1. The van der Waals surface area contributed by atoms with Crippen LogP contribution >= 0.6 is 11.6 Å². The maximum atomic E-state index is 12.5. The van der Waals surface area contributed by atoms with Gasteiger partial charge in [0.15, 0.2) is 0 Å². The molecule has 2 aromatic rings. The first kappa shape index (κ1) is 14.4. The van der Waals surface area contributed by atoms with E-state index in [0.29, 0.717) is 16.9 Å². The standard InChI is InChI=1S/C16H20ClN3O/c1-11-5-12(2)9-19(8-11)16(21)10-20-15-6-14(17)4-3-13(15)7-18-20/h3-4,6-7,11-12H,5,8-10H2,1-2H3/t11-,12+. The van der Waals surface area contributed by atoms with Gasteiger partial charge in [-0.15, -0.1) is 0 Å². The van der Waals surface area contributed by atoms with E-state index < -0.39 is 0 Å². The summed E-state index contributed by atoms with van der Waals surface area (Å²) >= 11 is 6.03. The zero-order valence-electron chi connectivity index (χ0n) is 12.4. The Kier molecular flexibility index (Phi) is 3.89. The number of likely N-dealkylation sites (tertiary alicyclic amines) is 1. The van der Waals surface area contributed by atoms with Gasteiger partial charge in [-0.3, -0.25) is 9.48 Å². The van der Waals surface area contributed by atoms with Gasteiger partial charge in [-0.2, -0.15) is 5.10 Å². The van der Waals surface area contributed by atoms with Crippen molar-refractivity contribution in [1.29, 1.82) is 0 Å². The zero-order chi connectivity index (χ0) is 15.0. The molecule has 1 aromatic carbocycles. The molecule has 112 valence electrons. The summed E-state index contributed by atoms with van der Waals surface area (Å²) in [7, 11) is 0. The van der Waals surface area contributed by atoms with Crippen molar-refractivity contribution in [2.45, 2.75) is 26.8 Å². The number of halogens is 1. The summed E-state index contributed by atoms with van der Waals surface area (Å²) in [6.45, 7) is 6.40. The van der Waals surface area contributed by atoms with Gasteiger partial charge in [0, 0.05) is 23.5 Å². The Bertz CT molecular complexity index is 657. The monoisotopic (exact) mass is 305 g/mol. The largest absolute Gasteiger partial charge is 0.341 e. The molecule has 1 aromatic heterocycles. The number of carbonyl (C=O) groups excluding carboxylic acids is 1. The van der Waals surface area contributed by atoms with Gasteiger partial charge in [0.2, 0.25) is 5.91 Å². The fraction of sp³-hybridized carbons (Fsp3) is 0.500. The summed E-state index contributed by atoms with van der Waals surface area (Å²) in [6.07, 6.45) is 2.98. The van der Waals surface area contributed by atoms with Crippen molar-refractivity contribution in [3.05, 3.63) is 29.4 Å². The normalized spacial score (nSPS) is 22.7. The number of piperidine rings is 1. The van der Waals surface area contributed by atoms with Crippen molar-refractivity contribution >= 4 is 28.4 Å². The van der Waals surface area contributed by atoms with Gasteiger partial charge < -0.3 is 4.90 Å². The lowest BCUT2D eigenvalue weighted by Gasteiger charge is -2.35. The first-order valence-electron chi connectivity index (χ1n) is 7.42. The molecule has 0 aliphatic carbocycles. The molecule has 0 radical (unpaired) electrons. The molecule has 21 heavy (non-hydrogen) atoms. The van der Waals surface area contributed by atoms with Crippen LogP contribution in [0.3, 0.4) is 0 Å². The number of fused-ring (bicyclic) bond motifs is 1. The van der Waals surface area contributed by atoms with Crippen LogP contribution in [-0.2, 0) is 11.3 Å². The molecule has 0 saturated carbocycles. The van der Waals surface area contributed by atoms with Gasteiger partial charge in [-0.1, -0.05) is 25.4 Å². The quantitative estimate of drug-likeness (QED) is 0.854. The third-order valence-corrected chi connectivity index (χ3v) is 4.35. The topological polar surface area (TPSA) is 38.1 Å². The number of carbonyl (C=O) groups is 1. The Balaban J connectivity index is 1.78. The first-order chi connectivity index (χ1) is 10.0. The number of hydrogen-bond acceptors (Lipinski definition) is 2. The maximum Gasteiger partial charge on any atom is 0.244 e. The van der Waals surface area contributed by atoms with Crippen LogP contribution in [0.1, 0.15) is 20.3 Å². The predicted octanol–water partition coefficient (Wildman–Crippen LogP) is 3.19. The minimum absolute atomic E-state index is 0.137. The van der Waals surface area contributed by atoms with E-state index >= 15 is 0 Å². The average molecular weight is 306 g/mol. The van der Waals surface area contributed by atoms with Gasteiger partial charge >= 0.3 is 0 Å². The van der Waals surface area contributed by atoms with Gasteiger partial charge in [0.05, 0.1) is 11.7 Å². The summed E-state index contributed by atoms with van der Waals surface area (Å²) in [5.41, 5.74) is 0.911. The second-order valence-electron chi connectivity index (χ2n) is 6.25. The van der Waals surface area contributed by atoms with Crippen LogP contribution < -0.4 is 0 Å². The van der Waals surface area contributed by atoms with Crippen molar-refractivity contribution in [2.24, 2.45) is 11.8 Å². The van der Waals surface area contributed by atoms with Crippen molar-refractivity contribution in [3.63, 3.8) is 0 Å². The van der Waals surface area contributed by atoms with Crippen LogP contribution in [0, 0.1) is 11.8 Å². The Morgan fingerprint density at radius 3 is 2.76 bits per heavy atom. The molecule has 1 saturated heterocycles. The molecule has 1 aliphatic heterocycles. The molecule has 5 heteroatoms. The van der Waals surface area contributed by atoms with Gasteiger partial charge in [-0.05, 0) is 36.5 Å². The molecular weight excluding hydrogens is 286 g/mol. The summed E-state index contributed by atoms with van der Waals surface area (Å²) in [5, 5.41) is 5.99. The Labute approximate surface area is 129 Å². The number of benzene rings is 1. The van der Waals surface area contributed by atoms with E-state index in [4.69, 9.17) is 11.6 Å². The van der Waals surface area contributed by atoms with Crippen molar-refractivity contribution in [1.82, 2.24) is 14.7 Å². The van der Waals surface area contributed by atoms with E-state index in [-0.39, 0.29) is 12.5 Å². The van der Waals surface area contributed by atoms with Crippen LogP contribution in [0.15, 0.2) is 24.4 Å². The fourth-order valence-electron chi connectivity index (χ4n) is 3.26. The minimum Gasteiger partial charge on any atom is -0.341 e. The Morgan fingerprint density at radius 2 is 2.05 bits per heavy atom. The number of amides is 1. The van der Waals surface area contributed by atoms with Gasteiger partial charge in [0.25, 0.3) is 0 Å². The van der Waals surface area contributed by atoms with Crippen LogP contribution in [0.25, 0.3) is 10.9 Å². The van der Waals surface area contributed by atoms with E-state index in [0.717, 1.165) is 24.0 Å². The smallest absolute Gasteiger partial charge is 0.244 e. The van der Waals surface area contributed by atoms with Crippen molar-refractivity contribution in [3.8, 4) is 0 Å². The van der Waals surface area contributed by atoms with Crippen molar-refractivity contribution in [2.75, 3.05) is 13.1 Å². The minimum atomic E-state index is 0.137. The lowest BCUT2D eigenvalue weighted by atomic mass is 9.92. The van der Waals surface area contributed by atoms with Crippen LogP contribution in [-0.4, -0.2) is 33.7 Å². The van der Waals surface area contributed by atoms with E-state index in [1.54, 1.807) is 10.9 Å². The predicted molar refractivity (Wildman–Crippen MR) is 84.3 cm³/mol. The maximum absolute atomic E-state index is 12.5. The van der Waals surface area contributed by atoms with E-state index in [9.17, 15) is 4.79 Å². The molecule has 1 aliphatic rings. The van der Waals surface area contributed by atoms with E-state index in [1.807, 2.05) is 23.1 Å². The second kappa shape index (κ2) is 5.68. The summed E-state index contributed by atoms with van der Waals surface area (Å²) in [5.74, 6) is 1.28. The number of aromatic nitrogens is 2. The molecule has 0 N–H and O–H groups in total. The highest BCUT2D eigenvalue weighted by Gasteiger charge is 2.25. The van der Waals surface area contributed by atoms with Gasteiger partial charge in [0.1, 0.15) is 6.54 Å². The number of rotatable bonds is 2. The van der Waals surface area contributed by atoms with Gasteiger partial charge in [-0.25, -0.2) is 0 Å². The molecule has 2 heterocycles. The highest BCUT2D eigenvalue weighted by molar-refractivity contribution is 6.31. The molecule has 1 amide bonds. The summed E-state index contributed by atoms with van der Waals surface area (Å²) in [6, 6.07) is 5.63. The lowest BCUT2D eigenvalue weighted by molar-refractivity contribution is -0.134. The van der Waals surface area contributed by atoms with E-state index in [1.165, 1.54) is 6.42 Å². The molecule has 1 fully saturated rings. The highest BCUT2D eigenvalue weighted by Crippen LogP contribution is 2.22. The number of hydrogen-bond donors (Lipinski definition) is 0. The molecule has 0 spiro atoms. The Hall–Kier alpha value is -1.55. The Morgan fingerprint density at radius 1 is 1.33 bits per heavy atom. The zero-order valence-corrected chi connectivity index (χ0v) is 13.2. The first-order valence-corrected chi connectivity index (χ1v) is 7.79. The van der Waals surface area contributed by atoms with Crippen molar-refractivity contribution < 1.29 is 4.79 Å². The highest BCUT2D eigenvalue weighted by atomic mass is 35.5. The van der Waals surface area contributed by atoms with Crippen LogP contribution in [0.4, 0.5) is 0 Å². The molecule has 0 bridgehead atoms. The molecule has 4 nitrogen and oxygen atoms in total. The molecule has 3 rings (SSSR count). The number of nitrogens with zero attached hydrogens (tertiary/aromatic N) is 3. The fourth-order valence-corrected chi connectivity index (χ4v) is 3.43. The van der Waals surface area contributed by atoms with Crippen LogP contribution in [0.5, 0.6) is 0 Å². The van der Waals surface area contributed by atoms with Crippen LogP contribution in [0.2, 0.25) is 5.02 Å². The third-order valence-electron chi connectivity index (χ3n) is 4.11. The summed E-state index contributed by atoms with van der Waals surface area (Å²) < 4.78 is 1.74. The molecule has 0 unspecified atom stereocenters. The third kappa shape index (κ3) is 3.05. The molecular formula is C16H20ClN3O. The second-order valence-corrected chi connectivity index (χ2v) is 6.69. The lowest BCUT2D eigenvalue weighted by Crippen LogP contribution is -2.44. The summed E-state index contributed by atoms with van der Waals surface area (Å²) in [4.78, 5) is 14.5. The average Bonchev–Trinajstić information content (AvgIpc) is 2.80.